The van der Waals surface area contributed by atoms with Crippen LogP contribution >= 0.6 is 0 Å². The lowest BCUT2D eigenvalue weighted by atomic mass is 9.73. The third-order valence-corrected chi connectivity index (χ3v) is 6.05. The first-order valence-electron chi connectivity index (χ1n) is 9.40. The molecule has 6 heteroatoms. The van der Waals surface area contributed by atoms with Crippen LogP contribution in [0.2, 0.25) is 0 Å². The molecule has 0 fully saturated rings. The van der Waals surface area contributed by atoms with E-state index in [9.17, 15) is 5.11 Å². The number of hydrogen-bond donors (Lipinski definition) is 1. The summed E-state index contributed by atoms with van der Waals surface area (Å²) in [5.74, 6) is 2.89. The van der Waals surface area contributed by atoms with E-state index in [1.807, 2.05) is 12.1 Å². The lowest BCUT2D eigenvalue weighted by Crippen LogP contribution is -2.39. The van der Waals surface area contributed by atoms with E-state index < -0.39 is 6.10 Å². The molecular formula is C22H27NO5. The highest BCUT2D eigenvalue weighted by Crippen LogP contribution is 2.58. The number of fused-ring (bicyclic) bond motifs is 2. The zero-order chi connectivity index (χ0) is 20.2. The number of ether oxygens (including phenoxy) is 4. The fraction of sp³-hybridized carbons (Fsp3) is 0.455. The smallest absolute Gasteiger partial charge is 0.168 e. The number of methoxy groups -OCH3 is 4. The third kappa shape index (κ3) is 2.48. The van der Waals surface area contributed by atoms with E-state index in [0.29, 0.717) is 28.9 Å². The van der Waals surface area contributed by atoms with E-state index in [-0.39, 0.29) is 6.04 Å². The minimum atomic E-state index is -0.684. The highest BCUT2D eigenvalue weighted by molar-refractivity contribution is 5.85. The van der Waals surface area contributed by atoms with Crippen molar-refractivity contribution in [2.45, 2.75) is 25.0 Å². The molecule has 0 saturated heterocycles. The van der Waals surface area contributed by atoms with Crippen LogP contribution < -0.4 is 18.9 Å². The van der Waals surface area contributed by atoms with Crippen LogP contribution in [0, 0.1) is 0 Å². The lowest BCUT2D eigenvalue weighted by molar-refractivity contribution is 0.0494. The molecule has 0 aromatic heterocycles. The second kappa shape index (κ2) is 6.87. The van der Waals surface area contributed by atoms with Gasteiger partial charge in [0, 0.05) is 12.1 Å². The molecule has 0 amide bonds. The summed E-state index contributed by atoms with van der Waals surface area (Å²) in [6, 6.07) is 5.68. The van der Waals surface area contributed by atoms with Crippen molar-refractivity contribution in [2.24, 2.45) is 0 Å². The van der Waals surface area contributed by atoms with Crippen molar-refractivity contribution in [3.8, 4) is 34.1 Å². The Kier molecular flexibility index (Phi) is 4.63. The second-order valence-corrected chi connectivity index (χ2v) is 7.51. The van der Waals surface area contributed by atoms with Crippen molar-refractivity contribution in [1.29, 1.82) is 0 Å². The molecule has 6 nitrogen and oxygen atoms in total. The second-order valence-electron chi connectivity index (χ2n) is 7.51. The van der Waals surface area contributed by atoms with E-state index in [2.05, 4.69) is 24.9 Å². The molecule has 2 aliphatic rings. The van der Waals surface area contributed by atoms with E-state index in [4.69, 9.17) is 18.9 Å². The van der Waals surface area contributed by atoms with Gasteiger partial charge in [0.15, 0.2) is 23.0 Å². The lowest BCUT2D eigenvalue weighted by Gasteiger charge is -2.45. The van der Waals surface area contributed by atoms with Gasteiger partial charge in [-0.1, -0.05) is 6.92 Å². The van der Waals surface area contributed by atoms with Crippen molar-refractivity contribution < 1.29 is 24.1 Å². The third-order valence-electron chi connectivity index (χ3n) is 6.05. The highest BCUT2D eigenvalue weighted by atomic mass is 16.5. The number of benzene rings is 2. The first-order chi connectivity index (χ1) is 13.5. The van der Waals surface area contributed by atoms with Crippen LogP contribution in [0.3, 0.4) is 0 Å². The van der Waals surface area contributed by atoms with Gasteiger partial charge in [-0.25, -0.2) is 0 Å². The average Bonchev–Trinajstić information content (AvgIpc) is 2.70. The summed E-state index contributed by atoms with van der Waals surface area (Å²) in [6.45, 7) is 3.05. The van der Waals surface area contributed by atoms with Crippen molar-refractivity contribution in [3.63, 3.8) is 0 Å². The zero-order valence-corrected chi connectivity index (χ0v) is 17.2. The fourth-order valence-electron chi connectivity index (χ4n) is 4.81. The Morgan fingerprint density at radius 1 is 0.893 bits per heavy atom. The maximum Gasteiger partial charge on any atom is 0.168 e. The van der Waals surface area contributed by atoms with Gasteiger partial charge in [0.1, 0.15) is 0 Å². The largest absolute Gasteiger partial charge is 0.493 e. The summed E-state index contributed by atoms with van der Waals surface area (Å²) in [6.07, 6.45) is -0.684. The normalized spacial score (nSPS) is 22.9. The van der Waals surface area contributed by atoms with Crippen LogP contribution in [-0.2, 0) is 0 Å². The van der Waals surface area contributed by atoms with Crippen LogP contribution in [0.1, 0.15) is 41.7 Å². The van der Waals surface area contributed by atoms with Gasteiger partial charge in [-0.2, -0.15) is 0 Å². The van der Waals surface area contributed by atoms with Crippen LogP contribution in [-0.4, -0.2) is 52.0 Å². The Morgan fingerprint density at radius 3 is 2.11 bits per heavy atom. The maximum atomic E-state index is 11.3. The first-order valence-corrected chi connectivity index (χ1v) is 9.40. The number of aliphatic hydroxyl groups is 1. The number of hydrogen-bond acceptors (Lipinski definition) is 6. The standard InChI is InChI=1S/C22H27NO5/c1-11-10-23(2)20-18-12(11)7-17(27-5)22(28-6)19(18)13-8-15(25-3)16(26-4)9-14(13)21(20)24/h7-9,11,20-21,24H,10H2,1-6H3/t11?,20-,21+/m1/s1. The quantitative estimate of drug-likeness (QED) is 0.869. The SMILES string of the molecule is COc1cc2c(cc1OC)[C@H](O)[C@H]1c3c(cc(OC)c(OC)c3-2)C(C)CN1C. The Labute approximate surface area is 165 Å². The number of rotatable bonds is 4. The molecular weight excluding hydrogens is 358 g/mol. The van der Waals surface area contributed by atoms with Gasteiger partial charge in [0.2, 0.25) is 0 Å². The van der Waals surface area contributed by atoms with Gasteiger partial charge in [0.05, 0.1) is 40.6 Å². The maximum absolute atomic E-state index is 11.3. The first kappa shape index (κ1) is 18.9. The van der Waals surface area contributed by atoms with E-state index in [1.165, 1.54) is 5.56 Å². The molecule has 4 rings (SSSR count). The fourth-order valence-corrected chi connectivity index (χ4v) is 4.81. The molecule has 3 atom stereocenters. The Balaban J connectivity index is 2.13. The number of nitrogens with zero attached hydrogens (tertiary/aromatic N) is 1. The van der Waals surface area contributed by atoms with Gasteiger partial charge < -0.3 is 24.1 Å². The molecule has 0 spiro atoms. The van der Waals surface area contributed by atoms with Gasteiger partial charge in [0.25, 0.3) is 0 Å². The average molecular weight is 385 g/mol. The predicted octanol–water partition coefficient (Wildman–Crippen LogP) is 3.53. The number of aliphatic hydroxyl groups excluding tert-OH is 1. The Bertz CT molecular complexity index is 926. The van der Waals surface area contributed by atoms with Crippen LogP contribution in [0.4, 0.5) is 0 Å². The van der Waals surface area contributed by atoms with Crippen LogP contribution in [0.15, 0.2) is 18.2 Å². The summed E-state index contributed by atoms with van der Waals surface area (Å²) >= 11 is 0. The summed E-state index contributed by atoms with van der Waals surface area (Å²) in [4.78, 5) is 2.22. The molecule has 28 heavy (non-hydrogen) atoms. The topological polar surface area (TPSA) is 60.4 Å². The predicted molar refractivity (Wildman–Crippen MR) is 107 cm³/mol. The summed E-state index contributed by atoms with van der Waals surface area (Å²) < 4.78 is 22.5. The van der Waals surface area contributed by atoms with Gasteiger partial charge >= 0.3 is 0 Å². The van der Waals surface area contributed by atoms with Crippen molar-refractivity contribution in [3.05, 3.63) is 34.9 Å². The molecule has 2 aromatic carbocycles. The molecule has 0 bridgehead atoms. The molecule has 0 radical (unpaired) electrons. The number of likely N-dealkylation sites (N-methyl/N-ethyl adjacent to an activating group) is 1. The van der Waals surface area contributed by atoms with Crippen molar-refractivity contribution >= 4 is 0 Å². The van der Waals surface area contributed by atoms with Crippen LogP contribution in [0.25, 0.3) is 11.1 Å². The summed E-state index contributed by atoms with van der Waals surface area (Å²) in [5.41, 5.74) is 4.94. The minimum Gasteiger partial charge on any atom is -0.493 e. The molecule has 1 heterocycles. The van der Waals surface area contributed by atoms with Crippen molar-refractivity contribution in [2.75, 3.05) is 42.0 Å². The Hall–Kier alpha value is -2.44. The monoisotopic (exact) mass is 385 g/mol. The van der Waals surface area contributed by atoms with Gasteiger partial charge in [-0.15, -0.1) is 0 Å². The molecule has 1 aliphatic carbocycles. The van der Waals surface area contributed by atoms with Gasteiger partial charge in [-0.3, -0.25) is 4.90 Å². The molecule has 1 N–H and O–H groups in total. The van der Waals surface area contributed by atoms with Crippen molar-refractivity contribution in [1.82, 2.24) is 4.90 Å². The Morgan fingerprint density at radius 2 is 1.50 bits per heavy atom. The zero-order valence-electron chi connectivity index (χ0n) is 17.2. The molecule has 2 aromatic rings. The van der Waals surface area contributed by atoms with Crippen LogP contribution in [0.5, 0.6) is 23.0 Å². The van der Waals surface area contributed by atoms with E-state index >= 15 is 0 Å². The highest BCUT2D eigenvalue weighted by Gasteiger charge is 2.43. The minimum absolute atomic E-state index is 0.161. The van der Waals surface area contributed by atoms with E-state index in [1.54, 1.807) is 28.4 Å². The summed E-state index contributed by atoms with van der Waals surface area (Å²) in [5, 5.41) is 11.3. The molecule has 1 unspecified atom stereocenters. The molecule has 0 saturated carbocycles. The van der Waals surface area contributed by atoms with E-state index in [0.717, 1.165) is 28.8 Å². The summed E-state index contributed by atoms with van der Waals surface area (Å²) in [7, 11) is 8.57. The molecule has 150 valence electrons. The van der Waals surface area contributed by atoms with Gasteiger partial charge in [-0.05, 0) is 53.4 Å². The molecule has 1 aliphatic heterocycles.